The Morgan fingerprint density at radius 1 is 0.878 bits per heavy atom. The first-order chi connectivity index (χ1) is 23.3. The summed E-state index contributed by atoms with van der Waals surface area (Å²) in [5, 5.41) is 11.9. The van der Waals surface area contributed by atoms with E-state index in [0.717, 1.165) is 0 Å². The summed E-state index contributed by atoms with van der Waals surface area (Å²) in [6.07, 6.45) is 0.0982. The number of halogens is 2. The lowest BCUT2D eigenvalue weighted by atomic mass is 10.0. The van der Waals surface area contributed by atoms with Crippen LogP contribution in [0.2, 0.25) is 0 Å². The zero-order valence-electron chi connectivity index (χ0n) is 27.6. The van der Waals surface area contributed by atoms with Crippen LogP contribution in [-0.4, -0.2) is 106 Å². The summed E-state index contributed by atoms with van der Waals surface area (Å²) >= 11 is 0. The van der Waals surface area contributed by atoms with Crippen LogP contribution in [0.1, 0.15) is 53.5 Å². The third kappa shape index (κ3) is 9.21. The van der Waals surface area contributed by atoms with E-state index in [1.165, 1.54) is 35.4 Å². The smallest absolute Gasteiger partial charge is 0.407 e. The van der Waals surface area contributed by atoms with Crippen molar-refractivity contribution in [3.8, 4) is 17.0 Å². The largest absolute Gasteiger partial charge is 0.472 e. The second-order valence-electron chi connectivity index (χ2n) is 13.0. The molecule has 0 radical (unpaired) electrons. The van der Waals surface area contributed by atoms with E-state index >= 15 is 0 Å². The second-order valence-corrected chi connectivity index (χ2v) is 13.0. The van der Waals surface area contributed by atoms with Gasteiger partial charge in [0.05, 0.1) is 12.1 Å². The topological polar surface area (TPSA) is 142 Å². The number of likely N-dealkylation sites (tertiary alicyclic amines) is 1. The molecule has 4 amide bonds. The van der Waals surface area contributed by atoms with Gasteiger partial charge in [-0.3, -0.25) is 9.59 Å². The molecule has 2 saturated heterocycles. The lowest BCUT2D eigenvalue weighted by Crippen LogP contribution is -2.50. The molecule has 0 saturated carbocycles. The van der Waals surface area contributed by atoms with Gasteiger partial charge < -0.3 is 34.6 Å². The minimum atomic E-state index is -1.04. The fraction of sp³-hybridized carbons (Fsp3) is 0.400. The van der Waals surface area contributed by atoms with Crippen molar-refractivity contribution in [2.75, 3.05) is 45.8 Å². The van der Waals surface area contributed by atoms with Gasteiger partial charge in [-0.2, -0.15) is 0 Å². The molecular weight excluding hydrogens is 640 g/mol. The number of piperazine rings is 1. The van der Waals surface area contributed by atoms with Crippen molar-refractivity contribution < 1.29 is 42.5 Å². The molecule has 2 aliphatic rings. The summed E-state index contributed by atoms with van der Waals surface area (Å²) in [6.45, 7) is 6.84. The highest BCUT2D eigenvalue weighted by atomic mass is 19.1. The molecule has 2 aliphatic heterocycles. The standard InChI is InChI=1S/C35H39F2N5O7/c1-35(2,3)49-33(45)38-10-8-22-16-24(18-27(37)17-22)31(43)40-12-14-41(15-13-40)32(44)25-19-29(23-4-6-26(36)7-5-23)30(39-20-25)48-28-9-11-42(21-28)34(46)47/h4-7,16-20,28H,8-15,21H2,1-3H3,(H,38,45)(H,46,47). The Morgan fingerprint density at radius 3 is 2.14 bits per heavy atom. The second kappa shape index (κ2) is 14.9. The van der Waals surface area contributed by atoms with E-state index in [1.54, 1.807) is 54.8 Å². The van der Waals surface area contributed by atoms with Crippen molar-refractivity contribution in [2.24, 2.45) is 0 Å². The Labute approximate surface area is 282 Å². The average Bonchev–Trinajstić information content (AvgIpc) is 3.53. The van der Waals surface area contributed by atoms with Crippen LogP contribution in [0.5, 0.6) is 5.88 Å². The molecule has 0 bridgehead atoms. The average molecular weight is 680 g/mol. The predicted octanol–water partition coefficient (Wildman–Crippen LogP) is 4.82. The summed E-state index contributed by atoms with van der Waals surface area (Å²) in [5.41, 5.74) is 1.35. The van der Waals surface area contributed by atoms with E-state index in [-0.39, 0.29) is 68.1 Å². The number of nitrogens with one attached hydrogen (secondary N) is 1. The molecule has 0 spiro atoms. The first-order valence-electron chi connectivity index (χ1n) is 16.0. The zero-order chi connectivity index (χ0) is 35.3. The minimum Gasteiger partial charge on any atom is -0.472 e. The number of benzene rings is 2. The number of hydrogen-bond acceptors (Lipinski definition) is 7. The lowest BCUT2D eigenvalue weighted by Gasteiger charge is -2.35. The van der Waals surface area contributed by atoms with Crippen LogP contribution in [0.25, 0.3) is 11.1 Å². The van der Waals surface area contributed by atoms with E-state index < -0.39 is 35.5 Å². The fourth-order valence-corrected chi connectivity index (χ4v) is 5.67. The molecule has 3 aromatic rings. The van der Waals surface area contributed by atoms with Crippen LogP contribution in [0.3, 0.4) is 0 Å². The lowest BCUT2D eigenvalue weighted by molar-refractivity contribution is 0.0527. The summed E-state index contributed by atoms with van der Waals surface area (Å²) < 4.78 is 39.5. The molecule has 2 fully saturated rings. The molecule has 1 unspecified atom stereocenters. The Morgan fingerprint density at radius 2 is 1.53 bits per heavy atom. The molecule has 12 nitrogen and oxygen atoms in total. The molecule has 49 heavy (non-hydrogen) atoms. The van der Waals surface area contributed by atoms with Gasteiger partial charge in [-0.05, 0) is 74.7 Å². The van der Waals surface area contributed by atoms with Crippen molar-refractivity contribution >= 4 is 24.0 Å². The van der Waals surface area contributed by atoms with E-state index in [0.29, 0.717) is 36.1 Å². The zero-order valence-corrected chi connectivity index (χ0v) is 27.6. The Kier molecular flexibility index (Phi) is 10.6. The van der Waals surface area contributed by atoms with Crippen LogP contribution in [0.15, 0.2) is 54.7 Å². The SMILES string of the molecule is CC(C)(C)OC(=O)NCCc1cc(F)cc(C(=O)N2CCN(C(=O)c3cnc(OC4CCN(C(=O)O)C4)c(-c4ccc(F)cc4)c3)CC2)c1. The van der Waals surface area contributed by atoms with Crippen LogP contribution < -0.4 is 10.1 Å². The molecule has 2 N–H and O–H groups in total. The third-order valence-electron chi connectivity index (χ3n) is 8.09. The molecular formula is C35H39F2N5O7. The number of pyridine rings is 1. The van der Waals surface area contributed by atoms with E-state index in [9.17, 15) is 33.1 Å². The Bertz CT molecular complexity index is 1710. The van der Waals surface area contributed by atoms with Crippen LogP contribution in [0, 0.1) is 11.6 Å². The Balaban J connectivity index is 1.22. The number of carbonyl (C=O) groups excluding carboxylic acids is 3. The van der Waals surface area contributed by atoms with Crippen LogP contribution in [0.4, 0.5) is 18.4 Å². The van der Waals surface area contributed by atoms with Crippen molar-refractivity contribution in [1.82, 2.24) is 25.0 Å². The van der Waals surface area contributed by atoms with Crippen molar-refractivity contribution in [1.29, 1.82) is 0 Å². The van der Waals surface area contributed by atoms with Gasteiger partial charge in [-0.25, -0.2) is 23.4 Å². The van der Waals surface area contributed by atoms with Gasteiger partial charge in [0.2, 0.25) is 5.88 Å². The van der Waals surface area contributed by atoms with Gasteiger partial charge in [-0.1, -0.05) is 12.1 Å². The summed E-state index contributed by atoms with van der Waals surface area (Å²) in [7, 11) is 0. The van der Waals surface area contributed by atoms with Crippen molar-refractivity contribution in [2.45, 2.75) is 45.3 Å². The molecule has 0 aliphatic carbocycles. The molecule has 260 valence electrons. The number of ether oxygens (including phenoxy) is 2. The molecule has 3 heterocycles. The van der Waals surface area contributed by atoms with E-state index in [4.69, 9.17) is 9.47 Å². The maximum Gasteiger partial charge on any atom is 0.407 e. The van der Waals surface area contributed by atoms with Crippen molar-refractivity contribution in [3.63, 3.8) is 0 Å². The van der Waals surface area contributed by atoms with Gasteiger partial charge in [0.15, 0.2) is 0 Å². The number of alkyl carbamates (subject to hydrolysis) is 1. The molecule has 1 atom stereocenters. The fourth-order valence-electron chi connectivity index (χ4n) is 5.67. The number of aromatic nitrogens is 1. The Hall–Kier alpha value is -5.27. The van der Waals surface area contributed by atoms with E-state index in [1.807, 2.05) is 0 Å². The van der Waals surface area contributed by atoms with Gasteiger partial charge >= 0.3 is 12.2 Å². The van der Waals surface area contributed by atoms with Gasteiger partial charge in [0.1, 0.15) is 23.3 Å². The molecule has 2 aromatic carbocycles. The molecule has 5 rings (SSSR count). The highest BCUT2D eigenvalue weighted by Crippen LogP contribution is 2.32. The number of amides is 4. The monoisotopic (exact) mass is 679 g/mol. The normalized spacial score (nSPS) is 16.3. The van der Waals surface area contributed by atoms with Crippen molar-refractivity contribution in [3.05, 3.63) is 83.1 Å². The minimum absolute atomic E-state index is 0.171. The van der Waals surface area contributed by atoms with Gasteiger partial charge in [0.25, 0.3) is 11.8 Å². The first-order valence-corrected chi connectivity index (χ1v) is 16.0. The third-order valence-corrected chi connectivity index (χ3v) is 8.09. The molecule has 1 aromatic heterocycles. The van der Waals surface area contributed by atoms with Crippen LogP contribution >= 0.6 is 0 Å². The number of nitrogens with zero attached hydrogens (tertiary/aromatic N) is 4. The highest BCUT2D eigenvalue weighted by molar-refractivity contribution is 5.97. The predicted molar refractivity (Wildman–Crippen MR) is 174 cm³/mol. The maximum absolute atomic E-state index is 14.5. The number of carboxylic acid groups (broad SMARTS) is 1. The van der Waals surface area contributed by atoms with Gasteiger partial charge in [0, 0.05) is 63.0 Å². The van der Waals surface area contributed by atoms with Crippen LogP contribution in [-0.2, 0) is 11.2 Å². The molecule has 14 heteroatoms. The number of rotatable bonds is 8. The van der Waals surface area contributed by atoms with Gasteiger partial charge in [-0.15, -0.1) is 0 Å². The maximum atomic E-state index is 14.5. The summed E-state index contributed by atoms with van der Waals surface area (Å²) in [6, 6.07) is 11.4. The van der Waals surface area contributed by atoms with E-state index in [2.05, 4.69) is 10.3 Å². The highest BCUT2D eigenvalue weighted by Gasteiger charge is 2.30. The first kappa shape index (κ1) is 35.0. The number of carbonyl (C=O) groups is 4. The number of hydrogen-bond donors (Lipinski definition) is 2. The summed E-state index contributed by atoms with van der Waals surface area (Å²) in [5.74, 6) is -1.50. The summed E-state index contributed by atoms with van der Waals surface area (Å²) in [4.78, 5) is 59.0. The quantitative estimate of drug-likeness (QED) is 0.345.